The summed E-state index contributed by atoms with van der Waals surface area (Å²) in [6.07, 6.45) is 5.55. The van der Waals surface area contributed by atoms with Crippen LogP contribution in [0.5, 0.6) is 5.75 Å². The van der Waals surface area contributed by atoms with Crippen molar-refractivity contribution in [2.75, 3.05) is 20.6 Å². The minimum Gasteiger partial charge on any atom is -0.491 e. The smallest absolute Gasteiger partial charge is 0.303 e. The molecular formula is C21H33NO4. The van der Waals surface area contributed by atoms with Crippen LogP contribution in [-0.4, -0.2) is 53.4 Å². The fourth-order valence-electron chi connectivity index (χ4n) is 3.86. The van der Waals surface area contributed by atoms with E-state index in [4.69, 9.17) is 9.84 Å². The van der Waals surface area contributed by atoms with E-state index < -0.39 is 11.6 Å². The van der Waals surface area contributed by atoms with Crippen molar-refractivity contribution in [3.8, 4) is 5.75 Å². The molecule has 5 heteroatoms. The zero-order chi connectivity index (χ0) is 19.2. The van der Waals surface area contributed by atoms with Crippen molar-refractivity contribution in [1.29, 1.82) is 0 Å². The van der Waals surface area contributed by atoms with Gasteiger partial charge in [-0.25, -0.2) is 0 Å². The number of aliphatic carboxylic acids is 1. The molecule has 0 saturated heterocycles. The average molecular weight is 363 g/mol. The van der Waals surface area contributed by atoms with Gasteiger partial charge in [0.25, 0.3) is 0 Å². The van der Waals surface area contributed by atoms with Gasteiger partial charge in [0.1, 0.15) is 5.75 Å². The molecule has 0 aliphatic heterocycles. The molecule has 1 saturated carbocycles. The number of likely N-dealkylation sites (N-methyl/N-ethyl adjacent to an activating group) is 1. The standard InChI is InChI=1S/C21H33NO4/c1-16(7-12-20(23)24)26-18-10-8-17(9-11-18)19(15-22(2)3)21(25)13-5-4-6-14-21/h8-11,16,19,25H,4-7,12-15H2,1-3H3,(H,23,24). The molecule has 0 radical (unpaired) electrons. The first-order valence-electron chi connectivity index (χ1n) is 9.66. The van der Waals surface area contributed by atoms with E-state index in [0.29, 0.717) is 6.42 Å². The van der Waals surface area contributed by atoms with Gasteiger partial charge in [-0.2, -0.15) is 0 Å². The van der Waals surface area contributed by atoms with Crippen LogP contribution >= 0.6 is 0 Å². The first kappa shape index (κ1) is 20.7. The number of aliphatic hydroxyl groups is 1. The molecule has 2 rings (SSSR count). The van der Waals surface area contributed by atoms with Crippen LogP contribution in [0.4, 0.5) is 0 Å². The van der Waals surface area contributed by atoms with E-state index >= 15 is 0 Å². The quantitative estimate of drug-likeness (QED) is 0.701. The zero-order valence-electron chi connectivity index (χ0n) is 16.3. The molecule has 2 unspecified atom stereocenters. The topological polar surface area (TPSA) is 70.0 Å². The average Bonchev–Trinajstić information content (AvgIpc) is 2.59. The predicted molar refractivity (Wildman–Crippen MR) is 103 cm³/mol. The number of hydrogen-bond donors (Lipinski definition) is 2. The molecule has 0 spiro atoms. The number of benzene rings is 1. The third-order valence-corrected chi connectivity index (χ3v) is 5.30. The van der Waals surface area contributed by atoms with Gasteiger partial charge in [0.05, 0.1) is 11.7 Å². The Kier molecular flexibility index (Phi) is 7.47. The van der Waals surface area contributed by atoms with E-state index in [1.807, 2.05) is 45.3 Å². The highest BCUT2D eigenvalue weighted by atomic mass is 16.5. The molecule has 0 amide bonds. The highest BCUT2D eigenvalue weighted by molar-refractivity contribution is 5.66. The van der Waals surface area contributed by atoms with E-state index in [9.17, 15) is 9.90 Å². The summed E-state index contributed by atoms with van der Waals surface area (Å²) in [4.78, 5) is 12.8. The summed E-state index contributed by atoms with van der Waals surface area (Å²) in [5, 5.41) is 20.0. The van der Waals surface area contributed by atoms with E-state index in [1.165, 1.54) is 6.42 Å². The second-order valence-electron chi connectivity index (χ2n) is 7.91. The number of rotatable bonds is 9. The number of ether oxygens (including phenoxy) is 1. The molecule has 0 aromatic heterocycles. The Labute approximate surface area is 157 Å². The van der Waals surface area contributed by atoms with E-state index in [-0.39, 0.29) is 18.4 Å². The van der Waals surface area contributed by atoms with Crippen LogP contribution < -0.4 is 4.74 Å². The maximum atomic E-state index is 11.3. The maximum Gasteiger partial charge on any atom is 0.303 e. The molecule has 5 nitrogen and oxygen atoms in total. The second-order valence-corrected chi connectivity index (χ2v) is 7.91. The van der Waals surface area contributed by atoms with E-state index in [2.05, 4.69) is 4.90 Å². The fraction of sp³-hybridized carbons (Fsp3) is 0.667. The van der Waals surface area contributed by atoms with Gasteiger partial charge in [0.2, 0.25) is 0 Å². The van der Waals surface area contributed by atoms with Crippen molar-refractivity contribution in [3.63, 3.8) is 0 Å². The normalized spacial score (nSPS) is 19.1. The van der Waals surface area contributed by atoms with Crippen molar-refractivity contribution in [1.82, 2.24) is 4.90 Å². The minimum absolute atomic E-state index is 0.0799. The molecule has 1 fully saturated rings. The Bertz CT molecular complexity index is 564. The van der Waals surface area contributed by atoms with Crippen molar-refractivity contribution < 1.29 is 19.7 Å². The van der Waals surface area contributed by atoms with Crippen molar-refractivity contribution in [2.24, 2.45) is 0 Å². The highest BCUT2D eigenvalue weighted by Crippen LogP contribution is 2.40. The second kappa shape index (κ2) is 9.38. The Morgan fingerprint density at radius 3 is 2.35 bits per heavy atom. The molecule has 2 N–H and O–H groups in total. The summed E-state index contributed by atoms with van der Waals surface area (Å²) >= 11 is 0. The number of carboxylic acids is 1. The molecule has 1 aromatic rings. The molecule has 0 heterocycles. The predicted octanol–water partition coefficient (Wildman–Crippen LogP) is 3.66. The van der Waals surface area contributed by atoms with Crippen LogP contribution in [0.2, 0.25) is 0 Å². The molecule has 1 aliphatic rings. The Hall–Kier alpha value is -1.59. The van der Waals surface area contributed by atoms with Gasteiger partial charge >= 0.3 is 5.97 Å². The van der Waals surface area contributed by atoms with Gasteiger partial charge in [-0.3, -0.25) is 4.79 Å². The van der Waals surface area contributed by atoms with Crippen molar-refractivity contribution >= 4 is 5.97 Å². The molecule has 146 valence electrons. The number of carboxylic acid groups (broad SMARTS) is 1. The first-order valence-corrected chi connectivity index (χ1v) is 9.66. The minimum atomic E-state index is -0.803. The fourth-order valence-corrected chi connectivity index (χ4v) is 3.86. The zero-order valence-corrected chi connectivity index (χ0v) is 16.3. The van der Waals surface area contributed by atoms with Crippen LogP contribution in [0.15, 0.2) is 24.3 Å². The highest BCUT2D eigenvalue weighted by Gasteiger charge is 2.38. The first-order chi connectivity index (χ1) is 12.3. The van der Waals surface area contributed by atoms with Crippen molar-refractivity contribution in [3.05, 3.63) is 29.8 Å². The number of nitrogens with zero attached hydrogens (tertiary/aromatic N) is 1. The summed E-state index contributed by atoms with van der Waals surface area (Å²) in [5.74, 6) is 0.0187. The van der Waals surface area contributed by atoms with Crippen molar-refractivity contribution in [2.45, 2.75) is 69.5 Å². The lowest BCUT2D eigenvalue weighted by atomic mass is 9.72. The lowest BCUT2D eigenvalue weighted by Gasteiger charge is -2.41. The summed E-state index contributed by atoms with van der Waals surface area (Å²) in [6, 6.07) is 7.95. The van der Waals surface area contributed by atoms with Crippen LogP contribution in [0.3, 0.4) is 0 Å². The molecule has 1 aliphatic carbocycles. The summed E-state index contributed by atoms with van der Waals surface area (Å²) in [6.45, 7) is 2.70. The van der Waals surface area contributed by atoms with Crippen LogP contribution in [-0.2, 0) is 4.79 Å². The van der Waals surface area contributed by atoms with E-state index in [0.717, 1.165) is 43.5 Å². The van der Waals surface area contributed by atoms with Gasteiger partial charge in [0, 0.05) is 18.9 Å². The van der Waals surface area contributed by atoms with Crippen LogP contribution in [0.25, 0.3) is 0 Å². The Morgan fingerprint density at radius 2 is 1.81 bits per heavy atom. The van der Waals surface area contributed by atoms with Gasteiger partial charge in [-0.1, -0.05) is 31.4 Å². The summed E-state index contributed by atoms with van der Waals surface area (Å²) < 4.78 is 5.81. The van der Waals surface area contributed by atoms with E-state index in [1.54, 1.807) is 0 Å². The third-order valence-electron chi connectivity index (χ3n) is 5.30. The monoisotopic (exact) mass is 363 g/mol. The SMILES string of the molecule is CC(CCC(=O)O)Oc1ccc(C(CN(C)C)C2(O)CCCCC2)cc1. The van der Waals surface area contributed by atoms with Crippen LogP contribution in [0.1, 0.15) is 63.4 Å². The van der Waals surface area contributed by atoms with Gasteiger partial charge in [-0.15, -0.1) is 0 Å². The number of carbonyl (C=O) groups is 1. The molecule has 26 heavy (non-hydrogen) atoms. The summed E-state index contributed by atoms with van der Waals surface area (Å²) in [5.41, 5.74) is 0.494. The Balaban J connectivity index is 2.08. The lowest BCUT2D eigenvalue weighted by molar-refractivity contribution is -0.137. The third kappa shape index (κ3) is 5.99. The molecule has 1 aromatic carbocycles. The molecular weight excluding hydrogens is 330 g/mol. The van der Waals surface area contributed by atoms with Gasteiger partial charge in [-0.05, 0) is 58.0 Å². The maximum absolute atomic E-state index is 11.3. The summed E-state index contributed by atoms with van der Waals surface area (Å²) in [7, 11) is 4.08. The molecule has 2 atom stereocenters. The van der Waals surface area contributed by atoms with Gasteiger partial charge < -0.3 is 19.8 Å². The Morgan fingerprint density at radius 1 is 1.19 bits per heavy atom. The molecule has 0 bridgehead atoms. The number of hydrogen-bond acceptors (Lipinski definition) is 4. The van der Waals surface area contributed by atoms with Gasteiger partial charge in [0.15, 0.2) is 0 Å². The largest absolute Gasteiger partial charge is 0.491 e. The lowest BCUT2D eigenvalue weighted by Crippen LogP contribution is -2.42. The van der Waals surface area contributed by atoms with Crippen LogP contribution in [0, 0.1) is 0 Å².